The van der Waals surface area contributed by atoms with Crippen molar-refractivity contribution in [3.8, 4) is 0 Å². The SMILES string of the molecule is [CH2-]c1nccc([N+](=O)[O-])c1C.[Y]. The van der Waals surface area contributed by atoms with Crippen molar-refractivity contribution in [2.75, 3.05) is 0 Å². The second-order valence-corrected chi connectivity index (χ2v) is 2.16. The van der Waals surface area contributed by atoms with E-state index in [9.17, 15) is 10.1 Å². The van der Waals surface area contributed by atoms with Gasteiger partial charge in [0.2, 0.25) is 0 Å². The molecule has 12 heavy (non-hydrogen) atoms. The van der Waals surface area contributed by atoms with E-state index in [0.29, 0.717) is 11.3 Å². The van der Waals surface area contributed by atoms with Gasteiger partial charge in [-0.05, 0) is 0 Å². The van der Waals surface area contributed by atoms with Crippen molar-refractivity contribution >= 4 is 5.69 Å². The molecule has 0 bridgehead atoms. The monoisotopic (exact) mass is 240 g/mol. The molecule has 1 heterocycles. The summed E-state index contributed by atoms with van der Waals surface area (Å²) in [6.45, 7) is 5.18. The van der Waals surface area contributed by atoms with E-state index in [0.717, 1.165) is 0 Å². The summed E-state index contributed by atoms with van der Waals surface area (Å²) in [6.07, 6.45) is 1.38. The molecule has 0 spiro atoms. The van der Waals surface area contributed by atoms with Gasteiger partial charge in [-0.1, -0.05) is 18.2 Å². The molecule has 0 amide bonds. The van der Waals surface area contributed by atoms with Crippen molar-refractivity contribution in [1.82, 2.24) is 4.98 Å². The van der Waals surface area contributed by atoms with Crippen LogP contribution in [0.4, 0.5) is 5.69 Å². The summed E-state index contributed by atoms with van der Waals surface area (Å²) in [4.78, 5) is 13.7. The van der Waals surface area contributed by atoms with Gasteiger partial charge in [-0.2, -0.15) is 0 Å². The van der Waals surface area contributed by atoms with Crippen molar-refractivity contribution in [2.24, 2.45) is 0 Å². The minimum Gasteiger partial charge on any atom is -0.295 e. The molecule has 0 aliphatic carbocycles. The molecule has 0 saturated heterocycles. The summed E-state index contributed by atoms with van der Waals surface area (Å²) in [5, 5.41) is 10.3. The molecule has 0 N–H and O–H groups in total. The van der Waals surface area contributed by atoms with E-state index < -0.39 is 4.92 Å². The van der Waals surface area contributed by atoms with Gasteiger partial charge < -0.3 is 0 Å². The Balaban J connectivity index is 0.00000121. The Labute approximate surface area is 95.4 Å². The second-order valence-electron chi connectivity index (χ2n) is 2.16. The average molecular weight is 240 g/mol. The van der Waals surface area contributed by atoms with Gasteiger partial charge in [0.05, 0.1) is 0 Å². The number of hydrogen-bond donors (Lipinski definition) is 0. The molecule has 1 aromatic heterocycles. The number of nitro groups is 1. The summed E-state index contributed by atoms with van der Waals surface area (Å²) < 4.78 is 0. The third-order valence-corrected chi connectivity index (χ3v) is 1.48. The fourth-order valence-corrected chi connectivity index (χ4v) is 0.765. The van der Waals surface area contributed by atoms with Gasteiger partial charge in [-0.3, -0.25) is 15.1 Å². The van der Waals surface area contributed by atoms with Crippen molar-refractivity contribution in [3.05, 3.63) is 40.6 Å². The molecule has 4 nitrogen and oxygen atoms in total. The molecule has 0 saturated carbocycles. The number of rotatable bonds is 1. The molecule has 0 aromatic carbocycles. The molecule has 0 atom stereocenters. The zero-order chi connectivity index (χ0) is 8.43. The smallest absolute Gasteiger partial charge is 0.199 e. The molecule has 61 valence electrons. The fourth-order valence-electron chi connectivity index (χ4n) is 0.765. The van der Waals surface area contributed by atoms with Crippen molar-refractivity contribution in [3.63, 3.8) is 0 Å². The average Bonchev–Trinajstić information content (AvgIpc) is 1.94. The molecule has 5 heteroatoms. The Bertz CT molecular complexity index is 301. The molecule has 0 aliphatic heterocycles. The molecule has 1 radical (unpaired) electrons. The van der Waals surface area contributed by atoms with Crippen LogP contribution < -0.4 is 0 Å². The van der Waals surface area contributed by atoms with Crippen LogP contribution in [0.2, 0.25) is 0 Å². The Morgan fingerprint density at radius 1 is 1.67 bits per heavy atom. The molecular weight excluding hydrogens is 233 g/mol. The van der Waals surface area contributed by atoms with Gasteiger partial charge in [0, 0.05) is 49.9 Å². The number of aromatic nitrogens is 1. The van der Waals surface area contributed by atoms with E-state index >= 15 is 0 Å². The molecule has 0 fully saturated rings. The Morgan fingerprint density at radius 2 is 2.25 bits per heavy atom. The van der Waals surface area contributed by atoms with E-state index in [2.05, 4.69) is 11.9 Å². The molecular formula is C7H7N2O2Y-. The summed E-state index contributed by atoms with van der Waals surface area (Å²) in [7, 11) is 0. The Hall–Kier alpha value is -0.476. The van der Waals surface area contributed by atoms with Crippen LogP contribution in [0.1, 0.15) is 11.3 Å². The van der Waals surface area contributed by atoms with Crippen molar-refractivity contribution in [2.45, 2.75) is 6.92 Å². The van der Waals surface area contributed by atoms with E-state index in [-0.39, 0.29) is 38.4 Å². The van der Waals surface area contributed by atoms with Crippen LogP contribution in [0.5, 0.6) is 0 Å². The van der Waals surface area contributed by atoms with Crippen LogP contribution in [0.15, 0.2) is 12.3 Å². The molecule has 0 aliphatic rings. The molecule has 1 rings (SSSR count). The minimum atomic E-state index is -0.439. The van der Waals surface area contributed by atoms with E-state index in [4.69, 9.17) is 0 Å². The van der Waals surface area contributed by atoms with Crippen LogP contribution in [0.25, 0.3) is 0 Å². The topological polar surface area (TPSA) is 56.0 Å². The maximum atomic E-state index is 10.3. The largest absolute Gasteiger partial charge is 0.295 e. The van der Waals surface area contributed by atoms with Gasteiger partial charge in [0.25, 0.3) is 0 Å². The van der Waals surface area contributed by atoms with E-state index in [1.54, 1.807) is 6.92 Å². The quantitative estimate of drug-likeness (QED) is 0.424. The van der Waals surface area contributed by atoms with Gasteiger partial charge in [-0.25, -0.2) is 6.92 Å². The van der Waals surface area contributed by atoms with Gasteiger partial charge >= 0.3 is 0 Å². The summed E-state index contributed by atoms with van der Waals surface area (Å²) in [6, 6.07) is 1.37. The van der Waals surface area contributed by atoms with Crippen molar-refractivity contribution < 1.29 is 37.6 Å². The number of nitrogens with zero attached hydrogens (tertiary/aromatic N) is 2. The van der Waals surface area contributed by atoms with Crippen LogP contribution in [-0.4, -0.2) is 9.91 Å². The first-order valence-electron chi connectivity index (χ1n) is 3.05. The molecule has 0 unspecified atom stereocenters. The molecule has 1 aromatic rings. The van der Waals surface area contributed by atoms with Crippen LogP contribution in [0, 0.1) is 24.0 Å². The zero-order valence-corrected chi connectivity index (χ0v) is 9.49. The Morgan fingerprint density at radius 3 is 2.67 bits per heavy atom. The second kappa shape index (κ2) is 4.53. The third-order valence-electron chi connectivity index (χ3n) is 1.48. The van der Waals surface area contributed by atoms with Crippen LogP contribution in [-0.2, 0) is 32.7 Å². The minimum absolute atomic E-state index is 0. The first-order valence-corrected chi connectivity index (χ1v) is 3.05. The maximum Gasteiger partial charge on any atom is 0.199 e. The maximum absolute atomic E-state index is 10.3. The van der Waals surface area contributed by atoms with E-state index in [1.807, 2.05) is 0 Å². The third kappa shape index (κ3) is 2.25. The van der Waals surface area contributed by atoms with Crippen LogP contribution >= 0.6 is 0 Å². The van der Waals surface area contributed by atoms with Gasteiger partial charge in [0.1, 0.15) is 0 Å². The van der Waals surface area contributed by atoms with Gasteiger partial charge in [0.15, 0.2) is 5.69 Å². The normalized spacial score (nSPS) is 8.75. The summed E-state index contributed by atoms with van der Waals surface area (Å²) >= 11 is 0. The first kappa shape index (κ1) is 11.5. The Kier molecular flexibility index (Phi) is 4.35. The van der Waals surface area contributed by atoms with Crippen molar-refractivity contribution in [1.29, 1.82) is 0 Å². The van der Waals surface area contributed by atoms with Crippen LogP contribution in [0.3, 0.4) is 0 Å². The predicted octanol–water partition coefficient (Wildman–Crippen LogP) is 1.48. The number of pyridine rings is 1. The summed E-state index contributed by atoms with van der Waals surface area (Å²) in [5.74, 6) is 0. The zero-order valence-electron chi connectivity index (χ0n) is 6.65. The van der Waals surface area contributed by atoms with Gasteiger partial charge in [-0.15, -0.1) is 0 Å². The summed E-state index contributed by atoms with van der Waals surface area (Å²) in [5.41, 5.74) is 1.06. The standard InChI is InChI=1S/C7H7N2O2.Y/c1-5-6(2)8-4-3-7(5)9(10)11;/h3-4H,2H2,1H3;/q-1;. The first-order chi connectivity index (χ1) is 5.13. The number of hydrogen-bond acceptors (Lipinski definition) is 3. The predicted molar refractivity (Wildman–Crippen MR) is 40.1 cm³/mol. The van der Waals surface area contributed by atoms with E-state index in [1.165, 1.54) is 12.3 Å². The fraction of sp³-hybridized carbons (Fsp3) is 0.143.